The van der Waals surface area contributed by atoms with Crippen molar-refractivity contribution in [2.24, 2.45) is 0 Å². The quantitative estimate of drug-likeness (QED) is 0.746. The van der Waals surface area contributed by atoms with E-state index in [1.165, 1.54) is 0 Å². The third kappa shape index (κ3) is 3.42. The molecule has 1 N–H and O–H groups in total. The lowest BCUT2D eigenvalue weighted by Gasteiger charge is -2.32. The summed E-state index contributed by atoms with van der Waals surface area (Å²) in [5.41, 5.74) is 1.51. The maximum absolute atomic E-state index is 12.4. The molecule has 4 rings (SSSR count). The number of carbonyl (C=O) groups is 1. The van der Waals surface area contributed by atoms with Crippen LogP contribution in [0, 0.1) is 6.92 Å². The molecule has 0 saturated carbocycles. The van der Waals surface area contributed by atoms with E-state index < -0.39 is 0 Å². The Balaban J connectivity index is 1.44. The van der Waals surface area contributed by atoms with Gasteiger partial charge in [-0.25, -0.2) is 9.97 Å². The van der Waals surface area contributed by atoms with Crippen LogP contribution in [0.2, 0.25) is 0 Å². The summed E-state index contributed by atoms with van der Waals surface area (Å²) < 4.78 is 7.32. The molecule has 0 aromatic carbocycles. The molecule has 4 heterocycles. The van der Waals surface area contributed by atoms with Gasteiger partial charge in [-0.2, -0.15) is 0 Å². The van der Waals surface area contributed by atoms with Crippen molar-refractivity contribution in [2.75, 3.05) is 6.54 Å². The lowest BCUT2D eigenvalue weighted by Crippen LogP contribution is -2.36. The number of thiazole rings is 1. The van der Waals surface area contributed by atoms with Crippen molar-refractivity contribution < 1.29 is 9.21 Å². The van der Waals surface area contributed by atoms with Crippen LogP contribution in [-0.4, -0.2) is 31.9 Å². The predicted octanol–water partition coefficient (Wildman–Crippen LogP) is 2.75. The maximum Gasteiger partial charge on any atom is 0.271 e. The Morgan fingerprint density at radius 3 is 3.04 bits per heavy atom. The molecule has 8 heteroatoms. The zero-order chi connectivity index (χ0) is 18.1. The molecule has 1 unspecified atom stereocenters. The third-order valence-electron chi connectivity index (χ3n) is 4.60. The monoisotopic (exact) mass is 371 g/mol. The van der Waals surface area contributed by atoms with Gasteiger partial charge in [-0.05, 0) is 26.0 Å². The van der Waals surface area contributed by atoms with Gasteiger partial charge in [0.1, 0.15) is 22.3 Å². The molecule has 0 aliphatic carbocycles. The fourth-order valence-electron chi connectivity index (χ4n) is 3.18. The first-order chi connectivity index (χ1) is 12.6. The van der Waals surface area contributed by atoms with Crippen molar-refractivity contribution in [2.45, 2.75) is 39.5 Å². The van der Waals surface area contributed by atoms with Crippen molar-refractivity contribution in [3.63, 3.8) is 0 Å². The Bertz CT molecular complexity index is 899. The number of nitrogens with one attached hydrogen (secondary N) is 1. The van der Waals surface area contributed by atoms with Crippen molar-refractivity contribution in [3.8, 4) is 0 Å². The summed E-state index contributed by atoms with van der Waals surface area (Å²) >= 11 is 1.69. The molecule has 0 spiro atoms. The largest absolute Gasteiger partial charge is 0.467 e. The lowest BCUT2D eigenvalue weighted by atomic mass is 10.2. The fourth-order valence-corrected chi connectivity index (χ4v) is 3.98. The Hall–Kier alpha value is -2.45. The van der Waals surface area contributed by atoms with E-state index in [0.717, 1.165) is 41.9 Å². The Morgan fingerprint density at radius 1 is 1.42 bits per heavy atom. The van der Waals surface area contributed by atoms with E-state index in [1.807, 2.05) is 19.2 Å². The zero-order valence-electron chi connectivity index (χ0n) is 14.8. The number of hydrogen-bond donors (Lipinski definition) is 1. The molecular formula is C18H21N5O2S. The van der Waals surface area contributed by atoms with Gasteiger partial charge >= 0.3 is 0 Å². The molecule has 0 saturated heterocycles. The van der Waals surface area contributed by atoms with Gasteiger partial charge in [0.2, 0.25) is 0 Å². The molecule has 3 aromatic heterocycles. The predicted molar refractivity (Wildman–Crippen MR) is 97.8 cm³/mol. The summed E-state index contributed by atoms with van der Waals surface area (Å²) in [5.74, 6) is 1.46. The summed E-state index contributed by atoms with van der Waals surface area (Å²) in [4.78, 5) is 23.9. The van der Waals surface area contributed by atoms with Gasteiger partial charge in [-0.1, -0.05) is 0 Å². The number of nitrogens with zero attached hydrogens (tertiary/aromatic N) is 4. The molecule has 1 aliphatic rings. The van der Waals surface area contributed by atoms with Crippen LogP contribution in [0.1, 0.15) is 45.7 Å². The van der Waals surface area contributed by atoms with Crippen molar-refractivity contribution in [3.05, 3.63) is 58.0 Å². The number of rotatable bonds is 5. The number of furan rings is 1. The van der Waals surface area contributed by atoms with Crippen molar-refractivity contribution in [1.82, 2.24) is 24.8 Å². The van der Waals surface area contributed by atoms with Crippen LogP contribution in [0.3, 0.4) is 0 Å². The van der Waals surface area contributed by atoms with Crippen LogP contribution in [-0.2, 0) is 19.6 Å². The summed E-state index contributed by atoms with van der Waals surface area (Å²) in [6, 6.07) is 3.77. The number of carbonyl (C=O) groups excluding carboxylic acids is 1. The minimum Gasteiger partial charge on any atom is -0.467 e. The normalized spacial score (nSPS) is 17.2. The molecule has 1 amide bonds. The molecule has 1 aliphatic heterocycles. The molecule has 0 bridgehead atoms. The average Bonchev–Trinajstić information content (AvgIpc) is 3.36. The maximum atomic E-state index is 12.4. The number of aromatic nitrogens is 3. The number of hydrogen-bond acceptors (Lipinski definition) is 6. The van der Waals surface area contributed by atoms with Gasteiger partial charge < -0.3 is 14.3 Å². The highest BCUT2D eigenvalue weighted by Gasteiger charge is 2.28. The van der Waals surface area contributed by atoms with Crippen LogP contribution in [0.4, 0.5) is 0 Å². The molecule has 0 fully saturated rings. The van der Waals surface area contributed by atoms with E-state index in [0.29, 0.717) is 12.2 Å². The Morgan fingerprint density at radius 2 is 2.31 bits per heavy atom. The standard InChI is InChI=1S/C18H21N5O2S/c1-12-11-26-16(20-12)10-22-5-6-23-9-15(21-17(23)13(22)2)18(24)19-8-14-4-3-7-25-14/h3-4,7,9,11,13H,5-6,8,10H2,1-2H3,(H,19,24). The average molecular weight is 371 g/mol. The Labute approximate surface area is 155 Å². The summed E-state index contributed by atoms with van der Waals surface area (Å²) in [7, 11) is 0. The molecule has 7 nitrogen and oxygen atoms in total. The van der Waals surface area contributed by atoms with Crippen molar-refractivity contribution in [1.29, 1.82) is 0 Å². The number of amides is 1. The highest BCUT2D eigenvalue weighted by molar-refractivity contribution is 7.09. The van der Waals surface area contributed by atoms with Crippen molar-refractivity contribution >= 4 is 17.2 Å². The third-order valence-corrected chi connectivity index (χ3v) is 5.55. The van der Waals surface area contributed by atoms with Crippen LogP contribution >= 0.6 is 11.3 Å². The zero-order valence-corrected chi connectivity index (χ0v) is 15.6. The van der Waals surface area contributed by atoms with E-state index in [4.69, 9.17) is 4.42 Å². The number of fused-ring (bicyclic) bond motifs is 1. The van der Waals surface area contributed by atoms with Crippen LogP contribution < -0.4 is 5.32 Å². The lowest BCUT2D eigenvalue weighted by molar-refractivity contribution is 0.0943. The van der Waals surface area contributed by atoms with Crippen LogP contribution in [0.5, 0.6) is 0 Å². The molecule has 1 atom stereocenters. The first-order valence-corrected chi connectivity index (χ1v) is 9.51. The van der Waals surface area contributed by atoms with E-state index in [1.54, 1.807) is 23.7 Å². The van der Waals surface area contributed by atoms with E-state index in [-0.39, 0.29) is 11.9 Å². The smallest absolute Gasteiger partial charge is 0.271 e. The van der Waals surface area contributed by atoms with Crippen LogP contribution in [0.25, 0.3) is 0 Å². The topological polar surface area (TPSA) is 76.2 Å². The van der Waals surface area contributed by atoms with Gasteiger partial charge in [0.05, 0.1) is 25.4 Å². The molecule has 26 heavy (non-hydrogen) atoms. The SMILES string of the molecule is Cc1csc(CN2CCn3cc(C(=O)NCc4ccco4)nc3C2C)n1. The van der Waals surface area contributed by atoms with Gasteiger partial charge in [0.25, 0.3) is 5.91 Å². The Kier molecular flexibility index (Phi) is 4.60. The van der Waals surface area contributed by atoms with Gasteiger partial charge in [0.15, 0.2) is 0 Å². The second-order valence-corrected chi connectivity index (χ2v) is 7.41. The summed E-state index contributed by atoms with van der Waals surface area (Å²) in [6.07, 6.45) is 3.44. The van der Waals surface area contributed by atoms with Gasteiger partial charge in [-0.3, -0.25) is 9.69 Å². The number of aryl methyl sites for hydroxylation is 1. The molecule has 3 aromatic rings. The first-order valence-electron chi connectivity index (χ1n) is 8.63. The van der Waals surface area contributed by atoms with E-state index >= 15 is 0 Å². The molecule has 136 valence electrons. The molecular weight excluding hydrogens is 350 g/mol. The second-order valence-electron chi connectivity index (χ2n) is 6.47. The van der Waals surface area contributed by atoms with E-state index in [9.17, 15) is 4.79 Å². The van der Waals surface area contributed by atoms with Gasteiger partial charge in [-0.15, -0.1) is 11.3 Å². The summed E-state index contributed by atoms with van der Waals surface area (Å²) in [6.45, 7) is 7.05. The molecule has 0 radical (unpaired) electrons. The second kappa shape index (κ2) is 7.05. The highest BCUT2D eigenvalue weighted by Crippen LogP contribution is 2.27. The van der Waals surface area contributed by atoms with Crippen LogP contribution in [0.15, 0.2) is 34.4 Å². The highest BCUT2D eigenvalue weighted by atomic mass is 32.1. The minimum absolute atomic E-state index is 0.138. The minimum atomic E-state index is -0.183. The van der Waals surface area contributed by atoms with E-state index in [2.05, 4.69) is 37.1 Å². The van der Waals surface area contributed by atoms with Gasteiger partial charge in [0, 0.05) is 30.4 Å². The summed E-state index contributed by atoms with van der Waals surface area (Å²) in [5, 5.41) is 6.04. The fraction of sp³-hybridized carbons (Fsp3) is 0.389. The first kappa shape index (κ1) is 17.0. The number of imidazole rings is 1.